The number of nitrogens with one attached hydrogen (secondary N) is 2. The molecule has 3 unspecified atom stereocenters. The molecule has 6 rings (SSSR count). The van der Waals surface area contributed by atoms with E-state index in [0.29, 0.717) is 23.4 Å². The van der Waals surface area contributed by atoms with Crippen molar-refractivity contribution in [1.29, 1.82) is 0 Å². The van der Waals surface area contributed by atoms with Crippen molar-refractivity contribution in [3.63, 3.8) is 0 Å². The van der Waals surface area contributed by atoms with Crippen molar-refractivity contribution in [3.8, 4) is 5.75 Å². The van der Waals surface area contributed by atoms with Crippen LogP contribution in [-0.2, 0) is 9.59 Å². The summed E-state index contributed by atoms with van der Waals surface area (Å²) in [6.07, 6.45) is 9.78. The summed E-state index contributed by atoms with van der Waals surface area (Å²) in [5.41, 5.74) is 3.47. The Morgan fingerprint density at radius 3 is 2.74 bits per heavy atom. The van der Waals surface area contributed by atoms with Crippen molar-refractivity contribution in [3.05, 3.63) is 65.9 Å². The monoisotopic (exact) mass is 470 g/mol. The molecular weight excluding hydrogens is 440 g/mol. The molecule has 7 heteroatoms. The molecule has 3 atom stereocenters. The highest BCUT2D eigenvalue weighted by molar-refractivity contribution is 5.97. The van der Waals surface area contributed by atoms with Gasteiger partial charge in [0.1, 0.15) is 0 Å². The van der Waals surface area contributed by atoms with Crippen LogP contribution in [0.5, 0.6) is 5.75 Å². The molecule has 1 aromatic carbocycles. The molecule has 7 nitrogen and oxygen atoms in total. The molecule has 0 bridgehead atoms. The van der Waals surface area contributed by atoms with E-state index in [9.17, 15) is 9.59 Å². The van der Waals surface area contributed by atoms with E-state index < -0.39 is 6.10 Å². The molecule has 0 spiro atoms. The number of ether oxygens (including phenoxy) is 1. The van der Waals surface area contributed by atoms with E-state index in [2.05, 4.69) is 46.0 Å². The molecule has 35 heavy (non-hydrogen) atoms. The molecule has 3 aliphatic heterocycles. The standard InChI is InChI=1S/C28H30N4O3/c33-25(32-16-22-13-21(14-23(22)17-32)19-4-2-1-3-5-19)7-6-18-12-24-27(30-15-18)31-28(34)26(35-24)20-8-10-29-11-9-20/h1-7,12-13,15,20,22-23,26,29H,8-11,14,16-17H2,(H,30,31,34)/b7-6+. The van der Waals surface area contributed by atoms with Gasteiger partial charge in [0.25, 0.3) is 5.91 Å². The Balaban J connectivity index is 1.10. The van der Waals surface area contributed by atoms with Gasteiger partial charge < -0.3 is 20.3 Å². The van der Waals surface area contributed by atoms with Gasteiger partial charge in [-0.3, -0.25) is 9.59 Å². The van der Waals surface area contributed by atoms with Gasteiger partial charge in [0.15, 0.2) is 17.7 Å². The molecular formula is C28H30N4O3. The van der Waals surface area contributed by atoms with Crippen LogP contribution in [0.25, 0.3) is 11.6 Å². The lowest BCUT2D eigenvalue weighted by Gasteiger charge is -2.33. The maximum atomic E-state index is 12.9. The van der Waals surface area contributed by atoms with Crippen LogP contribution in [0.4, 0.5) is 5.82 Å². The largest absolute Gasteiger partial charge is 0.476 e. The number of fused-ring (bicyclic) bond motifs is 2. The molecule has 180 valence electrons. The lowest BCUT2D eigenvalue weighted by atomic mass is 9.91. The Morgan fingerprint density at radius 2 is 1.94 bits per heavy atom. The number of anilines is 1. The Hall–Kier alpha value is -3.45. The van der Waals surface area contributed by atoms with E-state index in [1.54, 1.807) is 18.3 Å². The highest BCUT2D eigenvalue weighted by atomic mass is 16.5. The van der Waals surface area contributed by atoms with E-state index in [1.807, 2.05) is 17.0 Å². The van der Waals surface area contributed by atoms with Gasteiger partial charge in [-0.15, -0.1) is 0 Å². The van der Waals surface area contributed by atoms with Crippen LogP contribution in [0.3, 0.4) is 0 Å². The van der Waals surface area contributed by atoms with Crippen molar-refractivity contribution in [2.75, 3.05) is 31.5 Å². The minimum atomic E-state index is -0.495. The second kappa shape index (κ2) is 9.30. The average molecular weight is 471 g/mol. The Kier molecular flexibility index (Phi) is 5.86. The summed E-state index contributed by atoms with van der Waals surface area (Å²) < 4.78 is 6.09. The van der Waals surface area contributed by atoms with Crippen LogP contribution in [-0.4, -0.2) is 54.0 Å². The summed E-state index contributed by atoms with van der Waals surface area (Å²) in [4.78, 5) is 31.7. The number of carbonyl (C=O) groups excluding carboxylic acids is 2. The van der Waals surface area contributed by atoms with Gasteiger partial charge >= 0.3 is 0 Å². The number of likely N-dealkylation sites (tertiary alicyclic amines) is 1. The van der Waals surface area contributed by atoms with Crippen LogP contribution in [0.1, 0.15) is 30.4 Å². The lowest BCUT2D eigenvalue weighted by Crippen LogP contribution is -2.46. The van der Waals surface area contributed by atoms with Crippen LogP contribution < -0.4 is 15.4 Å². The van der Waals surface area contributed by atoms with Crippen molar-refractivity contribution >= 4 is 29.3 Å². The third kappa shape index (κ3) is 4.48. The van der Waals surface area contributed by atoms with E-state index >= 15 is 0 Å². The topological polar surface area (TPSA) is 83.6 Å². The number of aromatic nitrogens is 1. The first kappa shape index (κ1) is 22.0. The molecule has 2 amide bonds. The lowest BCUT2D eigenvalue weighted by molar-refractivity contribution is -0.126. The summed E-state index contributed by atoms with van der Waals surface area (Å²) in [6.45, 7) is 3.35. The number of allylic oxidation sites excluding steroid dienone is 1. The fourth-order valence-electron chi connectivity index (χ4n) is 5.80. The maximum absolute atomic E-state index is 12.9. The molecule has 4 heterocycles. The Labute approximate surface area is 205 Å². The van der Waals surface area contributed by atoms with Crippen molar-refractivity contribution < 1.29 is 14.3 Å². The highest BCUT2D eigenvalue weighted by Crippen LogP contribution is 2.41. The normalized spacial score (nSPS) is 26.2. The number of nitrogens with zero attached hydrogens (tertiary/aromatic N) is 2. The molecule has 0 saturated carbocycles. The predicted molar refractivity (Wildman–Crippen MR) is 135 cm³/mol. The number of hydrogen-bond acceptors (Lipinski definition) is 5. The second-order valence-corrected chi connectivity index (χ2v) is 9.99. The van der Waals surface area contributed by atoms with Gasteiger partial charge in [-0.2, -0.15) is 0 Å². The summed E-state index contributed by atoms with van der Waals surface area (Å²) in [6, 6.07) is 12.4. The number of carbonyl (C=O) groups is 2. The first-order valence-electron chi connectivity index (χ1n) is 12.6. The highest BCUT2D eigenvalue weighted by Gasteiger charge is 2.38. The molecule has 4 aliphatic rings. The number of rotatable bonds is 4. The van der Waals surface area contributed by atoms with Gasteiger partial charge in [0.05, 0.1) is 0 Å². The van der Waals surface area contributed by atoms with Crippen molar-refractivity contribution in [2.45, 2.75) is 25.4 Å². The van der Waals surface area contributed by atoms with Crippen LogP contribution in [0, 0.1) is 17.8 Å². The fraction of sp³-hybridized carbons (Fsp3) is 0.393. The van der Waals surface area contributed by atoms with Gasteiger partial charge in [-0.1, -0.05) is 36.4 Å². The SMILES string of the molecule is O=C1Nc2ncc(/C=C/C(=O)N3CC4C=C(c5ccccc5)CC4C3)cc2OC1C1CCNCC1. The van der Waals surface area contributed by atoms with Crippen molar-refractivity contribution in [2.24, 2.45) is 17.8 Å². The zero-order chi connectivity index (χ0) is 23.8. The average Bonchev–Trinajstić information content (AvgIpc) is 3.48. The second-order valence-electron chi connectivity index (χ2n) is 9.99. The third-order valence-electron chi connectivity index (χ3n) is 7.70. The van der Waals surface area contributed by atoms with E-state index in [0.717, 1.165) is 51.0 Å². The summed E-state index contributed by atoms with van der Waals surface area (Å²) in [5, 5.41) is 6.20. The fourth-order valence-corrected chi connectivity index (χ4v) is 5.80. The first-order chi connectivity index (χ1) is 17.1. The minimum Gasteiger partial charge on any atom is -0.476 e. The molecule has 0 radical (unpaired) electrons. The summed E-state index contributed by atoms with van der Waals surface area (Å²) in [5.74, 6) is 2.02. The summed E-state index contributed by atoms with van der Waals surface area (Å²) in [7, 11) is 0. The number of pyridine rings is 1. The van der Waals surface area contributed by atoms with Gasteiger partial charge in [0, 0.05) is 31.3 Å². The molecule has 1 aromatic heterocycles. The van der Waals surface area contributed by atoms with Crippen molar-refractivity contribution in [1.82, 2.24) is 15.2 Å². The summed E-state index contributed by atoms with van der Waals surface area (Å²) >= 11 is 0. The first-order valence-corrected chi connectivity index (χ1v) is 12.6. The van der Waals surface area contributed by atoms with E-state index in [4.69, 9.17) is 4.74 Å². The number of piperidine rings is 1. The van der Waals surface area contributed by atoms with E-state index in [-0.39, 0.29) is 17.7 Å². The molecule has 2 saturated heterocycles. The minimum absolute atomic E-state index is 0.0218. The maximum Gasteiger partial charge on any atom is 0.266 e. The van der Waals surface area contributed by atoms with E-state index in [1.165, 1.54) is 11.1 Å². The van der Waals surface area contributed by atoms with Crippen LogP contribution >= 0.6 is 0 Å². The third-order valence-corrected chi connectivity index (χ3v) is 7.70. The Bertz CT molecular complexity index is 1190. The van der Waals surface area contributed by atoms with Crippen LogP contribution in [0.15, 0.2) is 54.7 Å². The number of hydrogen-bond donors (Lipinski definition) is 2. The van der Waals surface area contributed by atoms with Gasteiger partial charge in [0.2, 0.25) is 5.91 Å². The zero-order valence-corrected chi connectivity index (χ0v) is 19.7. The number of amides is 2. The van der Waals surface area contributed by atoms with Crippen LogP contribution in [0.2, 0.25) is 0 Å². The molecule has 2 N–H and O–H groups in total. The van der Waals surface area contributed by atoms with Gasteiger partial charge in [-0.05, 0) is 73.0 Å². The Morgan fingerprint density at radius 1 is 1.11 bits per heavy atom. The molecule has 2 fully saturated rings. The van der Waals surface area contributed by atoms with Gasteiger partial charge in [-0.25, -0.2) is 4.98 Å². The zero-order valence-electron chi connectivity index (χ0n) is 19.7. The molecule has 1 aliphatic carbocycles. The smallest absolute Gasteiger partial charge is 0.266 e. The number of benzene rings is 1. The predicted octanol–water partition coefficient (Wildman–Crippen LogP) is 3.36. The molecule has 2 aromatic rings. The quantitative estimate of drug-likeness (QED) is 0.670.